The summed E-state index contributed by atoms with van der Waals surface area (Å²) in [6.07, 6.45) is -20.1. The van der Waals surface area contributed by atoms with Crippen molar-refractivity contribution < 1.29 is 114 Å². The van der Waals surface area contributed by atoms with Crippen LogP contribution in [0, 0.1) is 50.2 Å². The van der Waals surface area contributed by atoms with Crippen LogP contribution in [-0.2, 0) is 42.9 Å². The molecule has 0 amide bonds. The first-order chi connectivity index (χ1) is 32.7. The Morgan fingerprint density at radius 3 is 1.80 bits per heavy atom. The molecular formula is C48H74O23. The lowest BCUT2D eigenvalue weighted by Gasteiger charge is -2.70. The number of carboxylic acid groups (broad SMARTS) is 4. The molecule has 404 valence electrons. The Labute approximate surface area is 410 Å². The summed E-state index contributed by atoms with van der Waals surface area (Å²) < 4.78 is 23.4. The highest BCUT2D eigenvalue weighted by Gasteiger charge is 2.71. The maximum Gasteiger partial charge on any atom is 0.335 e. The van der Waals surface area contributed by atoms with E-state index in [2.05, 4.69) is 27.7 Å². The maximum absolute atomic E-state index is 14.8. The van der Waals surface area contributed by atoms with Crippen LogP contribution in [0.3, 0.4) is 0 Å². The summed E-state index contributed by atoms with van der Waals surface area (Å²) in [6, 6.07) is 0. The summed E-state index contributed by atoms with van der Waals surface area (Å²) in [4.78, 5) is 61.4. The monoisotopic (exact) mass is 1020 g/mol. The highest BCUT2D eigenvalue weighted by atomic mass is 16.8. The molecule has 23 heteroatoms. The van der Waals surface area contributed by atoms with Gasteiger partial charge in [0.1, 0.15) is 54.9 Å². The Balaban J connectivity index is 0.000000557. The Bertz CT molecular complexity index is 2070. The number of carboxylic acids is 4. The SMILES string of the molecule is CC1(C)[C@@H](O[C@H]2O[C@H](C(=O)O)[C@@H](O)[C@H](O)[C@H]2O[C@@H]2O[C@H](C(=O)O)[C@@H](O)[C@H](O)[C@H]2O)CC[C@]2(C)[C@H]3C(=O)C=C4[C@@H]5C[C@@](C)(C(=O)O)CC[C@]5(C)CC[C@@]4(C)[C@]3(C)CC[C@@H]12.O=C(O)[C@H](O)[C@@H](O)[C@H](O)[C@H](O)CO. The number of carbonyl (C=O) groups excluding carboxylic acids is 1. The fraction of sp³-hybridized carbons (Fsp3) is 0.854. The number of ether oxygens (including phenoxy) is 4. The summed E-state index contributed by atoms with van der Waals surface area (Å²) >= 11 is 0. The first-order valence-electron chi connectivity index (χ1n) is 24.2. The molecule has 0 aromatic rings. The third-order valence-electron chi connectivity index (χ3n) is 18.7. The molecule has 2 saturated heterocycles. The van der Waals surface area contributed by atoms with Crippen LogP contribution in [0.25, 0.3) is 0 Å². The van der Waals surface area contributed by atoms with Crippen molar-refractivity contribution in [3.05, 3.63) is 11.6 Å². The smallest absolute Gasteiger partial charge is 0.335 e. The third-order valence-corrected chi connectivity index (χ3v) is 18.7. The lowest BCUT2D eigenvalue weighted by atomic mass is 9.33. The molecular weight excluding hydrogens is 945 g/mol. The number of fused-ring (bicyclic) bond motifs is 7. The molecule has 6 fully saturated rings. The van der Waals surface area contributed by atoms with Gasteiger partial charge < -0.3 is 90.4 Å². The molecule has 0 unspecified atom stereocenters. The van der Waals surface area contributed by atoms with Crippen LogP contribution in [0.4, 0.5) is 0 Å². The van der Waals surface area contributed by atoms with Crippen LogP contribution >= 0.6 is 0 Å². The maximum atomic E-state index is 14.8. The van der Waals surface area contributed by atoms with Gasteiger partial charge in [-0.05, 0) is 110 Å². The van der Waals surface area contributed by atoms with E-state index in [-0.39, 0.29) is 34.4 Å². The quantitative estimate of drug-likeness (QED) is 0.102. The van der Waals surface area contributed by atoms with Crippen molar-refractivity contribution in [1.29, 1.82) is 0 Å². The van der Waals surface area contributed by atoms with Gasteiger partial charge in [0.05, 0.1) is 18.1 Å². The molecule has 71 heavy (non-hydrogen) atoms. The van der Waals surface area contributed by atoms with Gasteiger partial charge in [-0.25, -0.2) is 14.4 Å². The van der Waals surface area contributed by atoms with Gasteiger partial charge in [0.25, 0.3) is 0 Å². The zero-order valence-corrected chi connectivity index (χ0v) is 41.0. The van der Waals surface area contributed by atoms with Gasteiger partial charge in [-0.15, -0.1) is 0 Å². The number of rotatable bonds is 12. The first-order valence-corrected chi connectivity index (χ1v) is 24.2. The van der Waals surface area contributed by atoms with E-state index in [1.54, 1.807) is 0 Å². The second-order valence-corrected chi connectivity index (χ2v) is 23.1. The number of hydrogen-bond donors (Lipinski definition) is 14. The molecule has 0 aromatic heterocycles. The Kier molecular flexibility index (Phi) is 16.2. The van der Waals surface area contributed by atoms with Crippen LogP contribution in [0.5, 0.6) is 0 Å². The molecule has 4 saturated carbocycles. The second-order valence-electron chi connectivity index (χ2n) is 23.1. The van der Waals surface area contributed by atoms with E-state index in [1.165, 1.54) is 0 Å². The summed E-state index contributed by atoms with van der Waals surface area (Å²) in [5.41, 5.74) is -1.81. The van der Waals surface area contributed by atoms with Crippen molar-refractivity contribution in [3.8, 4) is 0 Å². The van der Waals surface area contributed by atoms with Gasteiger partial charge in [0, 0.05) is 5.92 Å². The molecule has 7 aliphatic rings. The summed E-state index contributed by atoms with van der Waals surface area (Å²) in [7, 11) is 0. The van der Waals surface area contributed by atoms with E-state index in [9.17, 15) is 64.8 Å². The molecule has 2 aliphatic heterocycles. The van der Waals surface area contributed by atoms with Crippen molar-refractivity contribution in [2.24, 2.45) is 50.2 Å². The molecule has 14 N–H and O–H groups in total. The van der Waals surface area contributed by atoms with E-state index in [0.29, 0.717) is 25.7 Å². The largest absolute Gasteiger partial charge is 0.481 e. The van der Waals surface area contributed by atoms with Crippen molar-refractivity contribution in [2.45, 2.75) is 198 Å². The van der Waals surface area contributed by atoms with Gasteiger partial charge in [0.2, 0.25) is 0 Å². The zero-order valence-electron chi connectivity index (χ0n) is 41.0. The fourth-order valence-electron chi connectivity index (χ4n) is 14.0. The topological polar surface area (TPSA) is 405 Å². The van der Waals surface area contributed by atoms with Gasteiger partial charge in [0.15, 0.2) is 36.7 Å². The van der Waals surface area contributed by atoms with Crippen LogP contribution < -0.4 is 0 Å². The minimum Gasteiger partial charge on any atom is -0.481 e. The van der Waals surface area contributed by atoms with Gasteiger partial charge in [-0.2, -0.15) is 0 Å². The average Bonchev–Trinajstić information content (AvgIpc) is 3.29. The van der Waals surface area contributed by atoms with Gasteiger partial charge >= 0.3 is 23.9 Å². The van der Waals surface area contributed by atoms with Crippen LogP contribution in [0.15, 0.2) is 11.6 Å². The molecule has 23 atom stereocenters. The minimum atomic E-state index is -2.20. The van der Waals surface area contributed by atoms with E-state index in [4.69, 9.17) is 49.6 Å². The zero-order chi connectivity index (χ0) is 53.5. The highest BCUT2D eigenvalue weighted by Crippen LogP contribution is 2.75. The van der Waals surface area contributed by atoms with Gasteiger partial charge in [-0.3, -0.25) is 9.59 Å². The van der Waals surface area contributed by atoms with E-state index >= 15 is 0 Å². The molecule has 7 rings (SSSR count). The summed E-state index contributed by atoms with van der Waals surface area (Å²) in [5.74, 6) is -6.19. The molecule has 0 aromatic carbocycles. The first kappa shape index (κ1) is 57.0. The lowest BCUT2D eigenvalue weighted by molar-refractivity contribution is -0.371. The molecule has 2 heterocycles. The number of aliphatic hydroxyl groups excluding tert-OH is 10. The number of ketones is 1. The van der Waals surface area contributed by atoms with Gasteiger partial charge in [-0.1, -0.05) is 47.1 Å². The normalized spacial score (nSPS) is 46.7. The number of aliphatic carboxylic acids is 4. The Morgan fingerprint density at radius 1 is 0.690 bits per heavy atom. The van der Waals surface area contributed by atoms with E-state index in [1.807, 2.05) is 26.8 Å². The Morgan fingerprint density at radius 2 is 1.25 bits per heavy atom. The highest BCUT2D eigenvalue weighted by molar-refractivity contribution is 5.95. The molecule has 23 nitrogen and oxygen atoms in total. The molecule has 5 aliphatic carbocycles. The number of aliphatic hydroxyl groups is 10. The van der Waals surface area contributed by atoms with E-state index in [0.717, 1.165) is 37.7 Å². The van der Waals surface area contributed by atoms with Crippen molar-refractivity contribution in [3.63, 3.8) is 0 Å². The second kappa shape index (κ2) is 20.1. The Hall–Kier alpha value is -3.27. The molecule has 0 bridgehead atoms. The summed E-state index contributed by atoms with van der Waals surface area (Å²) in [6.45, 7) is 14.0. The standard InChI is InChI=1S/C42H62O16.C6H12O7/c1-37(2)21-8-11-42(7)31(20(43)16-18-19-17-39(4,36(53)54)13-12-38(19,3)14-15-41(18,42)6)40(21,5)10-9-22(37)55-35-30(26(47)25(46)29(57-35)33(51)52)58-34-27(48)23(44)24(45)28(56-34)32(49)50;7-1-2(8)3(9)4(10)5(11)6(12)13/h16,19,21-31,34-35,44-48H,8-15,17H2,1-7H3,(H,49,50)(H,51,52)(H,53,54);2-5,7-11H,1H2,(H,12,13)/t19-,21-,22-,23-,24-,25-,26-,27+,28-,29-,30+,31+,34-,35-,38+,39-,40-,41+,42+;2-,3-,4+,5-/m01/s1. The molecule has 0 spiro atoms. The number of carbonyl (C=O) groups is 5. The predicted molar refractivity (Wildman–Crippen MR) is 238 cm³/mol. The average molecular weight is 1020 g/mol. The fourth-order valence-corrected chi connectivity index (χ4v) is 14.0. The van der Waals surface area contributed by atoms with E-state index < -0.39 is 144 Å². The van der Waals surface area contributed by atoms with Crippen molar-refractivity contribution in [1.82, 2.24) is 0 Å². The van der Waals surface area contributed by atoms with Crippen molar-refractivity contribution >= 4 is 29.7 Å². The lowest BCUT2D eigenvalue weighted by Crippen LogP contribution is -2.68. The number of allylic oxidation sites excluding steroid dienone is 2. The predicted octanol–water partition coefficient (Wildman–Crippen LogP) is -1.25. The number of hydrogen-bond acceptors (Lipinski definition) is 19. The minimum absolute atomic E-state index is 0.0217. The molecule has 0 radical (unpaired) electrons. The van der Waals surface area contributed by atoms with Crippen LogP contribution in [0.2, 0.25) is 0 Å². The van der Waals surface area contributed by atoms with Crippen molar-refractivity contribution in [2.75, 3.05) is 6.61 Å². The summed E-state index contributed by atoms with van der Waals surface area (Å²) in [5, 5.41) is 135. The van der Waals surface area contributed by atoms with Crippen LogP contribution in [0.1, 0.15) is 106 Å². The third kappa shape index (κ3) is 9.59. The van der Waals surface area contributed by atoms with Crippen LogP contribution in [-0.4, -0.2) is 200 Å².